The van der Waals surface area contributed by atoms with Gasteiger partial charge in [0.15, 0.2) is 6.10 Å². The van der Waals surface area contributed by atoms with Crippen molar-refractivity contribution in [3.63, 3.8) is 0 Å². The molecule has 112 valence electrons. The Morgan fingerprint density at radius 3 is 2.42 bits per heavy atom. The van der Waals surface area contributed by atoms with Gasteiger partial charge in [-0.3, -0.25) is 0 Å². The minimum Gasteiger partial charge on any atom is -0.479 e. The smallest absolute Gasteiger partial charge is 0.332 e. The van der Waals surface area contributed by atoms with Crippen molar-refractivity contribution in [3.8, 4) is 0 Å². The predicted molar refractivity (Wildman–Crippen MR) is 73.0 cm³/mol. The molecule has 0 rings (SSSR count). The number of aliphatic hydroxyl groups is 1. The summed E-state index contributed by atoms with van der Waals surface area (Å²) in [7, 11) is 0. The molecule has 0 aromatic heterocycles. The Balaban J connectivity index is 3.59. The van der Waals surface area contributed by atoms with E-state index in [-0.39, 0.29) is 25.0 Å². The van der Waals surface area contributed by atoms with E-state index in [1.807, 2.05) is 6.92 Å². The highest BCUT2D eigenvalue weighted by molar-refractivity contribution is 5.74. The third-order valence-corrected chi connectivity index (χ3v) is 2.86. The lowest BCUT2D eigenvalue weighted by Crippen LogP contribution is -2.42. The summed E-state index contributed by atoms with van der Waals surface area (Å²) in [5.41, 5.74) is 0. The molecule has 0 aromatic rings. The summed E-state index contributed by atoms with van der Waals surface area (Å²) in [5.74, 6) is -1.27. The van der Waals surface area contributed by atoms with Gasteiger partial charge in [-0.25, -0.2) is 9.59 Å². The number of hydrogen-bond donors (Lipinski definition) is 4. The van der Waals surface area contributed by atoms with Crippen LogP contribution in [0.15, 0.2) is 0 Å². The normalized spacial score (nSPS) is 13.6. The summed E-state index contributed by atoms with van der Waals surface area (Å²) < 4.78 is 0. The lowest BCUT2D eigenvalue weighted by atomic mass is 10.1. The van der Waals surface area contributed by atoms with Crippen LogP contribution in [0.25, 0.3) is 0 Å². The van der Waals surface area contributed by atoms with E-state index >= 15 is 0 Å². The molecule has 2 amide bonds. The van der Waals surface area contributed by atoms with E-state index in [1.165, 1.54) is 19.3 Å². The number of rotatable bonds is 10. The number of unbranched alkanes of at least 4 members (excludes halogenated alkanes) is 3. The Morgan fingerprint density at radius 2 is 1.84 bits per heavy atom. The third kappa shape index (κ3) is 10.3. The molecule has 0 radical (unpaired) electrons. The molecule has 4 N–H and O–H groups in total. The van der Waals surface area contributed by atoms with Gasteiger partial charge < -0.3 is 20.8 Å². The van der Waals surface area contributed by atoms with Gasteiger partial charge in [-0.1, -0.05) is 32.6 Å². The number of carboxylic acids is 1. The molecule has 0 aromatic carbocycles. The standard InChI is InChI=1S/C13H26N2O4/c1-3-4-5-6-7-10(2)15-13(19)14-9-8-11(16)12(17)18/h10-11,16H,3-9H2,1-2H3,(H,17,18)(H2,14,15,19)/t10?,11-/m0/s1. The largest absolute Gasteiger partial charge is 0.479 e. The van der Waals surface area contributed by atoms with E-state index in [0.717, 1.165) is 12.8 Å². The SMILES string of the molecule is CCCCCCC(C)NC(=O)NCC[C@H](O)C(=O)O. The Morgan fingerprint density at radius 1 is 1.16 bits per heavy atom. The maximum Gasteiger partial charge on any atom is 0.332 e. The van der Waals surface area contributed by atoms with Gasteiger partial charge in [0.25, 0.3) is 0 Å². The third-order valence-electron chi connectivity index (χ3n) is 2.86. The van der Waals surface area contributed by atoms with Crippen molar-refractivity contribution in [1.29, 1.82) is 0 Å². The van der Waals surface area contributed by atoms with Crippen LogP contribution in [0, 0.1) is 0 Å². The van der Waals surface area contributed by atoms with Crippen LogP contribution in [0.4, 0.5) is 4.79 Å². The zero-order valence-corrected chi connectivity index (χ0v) is 11.8. The summed E-state index contributed by atoms with van der Waals surface area (Å²) >= 11 is 0. The molecule has 0 aliphatic heterocycles. The molecular formula is C13H26N2O4. The second-order valence-electron chi connectivity index (χ2n) is 4.79. The summed E-state index contributed by atoms with van der Waals surface area (Å²) in [6.07, 6.45) is 4.19. The Bertz CT molecular complexity index is 271. The molecule has 6 heteroatoms. The Hall–Kier alpha value is -1.30. The van der Waals surface area contributed by atoms with Crippen LogP contribution >= 0.6 is 0 Å². The molecule has 0 aliphatic carbocycles. The Kier molecular flexibility index (Phi) is 9.88. The average molecular weight is 274 g/mol. The van der Waals surface area contributed by atoms with E-state index in [4.69, 9.17) is 10.2 Å². The second kappa shape index (κ2) is 10.6. The summed E-state index contributed by atoms with van der Waals surface area (Å²) in [5, 5.41) is 22.8. The minimum atomic E-state index is -1.42. The van der Waals surface area contributed by atoms with Crippen LogP contribution in [-0.2, 0) is 4.79 Å². The first-order chi connectivity index (χ1) is 8.97. The van der Waals surface area contributed by atoms with E-state index in [2.05, 4.69) is 17.6 Å². The monoisotopic (exact) mass is 274 g/mol. The van der Waals surface area contributed by atoms with Crippen LogP contribution in [0.2, 0.25) is 0 Å². The van der Waals surface area contributed by atoms with Crippen molar-refractivity contribution in [1.82, 2.24) is 10.6 Å². The van der Waals surface area contributed by atoms with Crippen molar-refractivity contribution in [2.24, 2.45) is 0 Å². The highest BCUT2D eigenvalue weighted by Gasteiger charge is 2.13. The first kappa shape index (κ1) is 17.7. The fraction of sp³-hybridized carbons (Fsp3) is 0.846. The van der Waals surface area contributed by atoms with Crippen LogP contribution in [0.1, 0.15) is 52.4 Å². The predicted octanol–water partition coefficient (Wildman–Crippen LogP) is 1.48. The lowest BCUT2D eigenvalue weighted by Gasteiger charge is -2.14. The van der Waals surface area contributed by atoms with Crippen molar-refractivity contribution < 1.29 is 19.8 Å². The second-order valence-corrected chi connectivity index (χ2v) is 4.79. The maximum atomic E-state index is 11.4. The number of urea groups is 1. The fourth-order valence-electron chi connectivity index (χ4n) is 1.67. The molecule has 0 fully saturated rings. The molecular weight excluding hydrogens is 248 g/mol. The first-order valence-corrected chi connectivity index (χ1v) is 6.92. The molecule has 2 atom stereocenters. The number of hydrogen-bond acceptors (Lipinski definition) is 3. The summed E-state index contributed by atoms with van der Waals surface area (Å²) in [6.45, 7) is 4.24. The number of carboxylic acid groups (broad SMARTS) is 1. The summed E-state index contributed by atoms with van der Waals surface area (Å²) in [4.78, 5) is 21.8. The highest BCUT2D eigenvalue weighted by atomic mass is 16.4. The number of carbonyl (C=O) groups excluding carboxylic acids is 1. The molecule has 0 heterocycles. The van der Waals surface area contributed by atoms with Gasteiger partial charge in [0, 0.05) is 19.0 Å². The van der Waals surface area contributed by atoms with Gasteiger partial charge in [0.1, 0.15) is 0 Å². The van der Waals surface area contributed by atoms with E-state index < -0.39 is 12.1 Å². The first-order valence-electron chi connectivity index (χ1n) is 6.92. The lowest BCUT2D eigenvalue weighted by molar-refractivity contribution is -0.146. The number of aliphatic carboxylic acids is 1. The van der Waals surface area contributed by atoms with Crippen molar-refractivity contribution in [2.45, 2.75) is 64.5 Å². The molecule has 0 aliphatic rings. The van der Waals surface area contributed by atoms with Crippen LogP contribution in [0.3, 0.4) is 0 Å². The molecule has 0 bridgehead atoms. The number of aliphatic hydroxyl groups excluding tert-OH is 1. The zero-order valence-electron chi connectivity index (χ0n) is 11.8. The van der Waals surface area contributed by atoms with E-state index in [9.17, 15) is 9.59 Å². The van der Waals surface area contributed by atoms with Crippen molar-refractivity contribution in [2.75, 3.05) is 6.54 Å². The van der Waals surface area contributed by atoms with Gasteiger partial charge in [0.2, 0.25) is 0 Å². The van der Waals surface area contributed by atoms with Crippen LogP contribution in [0.5, 0.6) is 0 Å². The number of amides is 2. The van der Waals surface area contributed by atoms with Gasteiger partial charge in [-0.15, -0.1) is 0 Å². The van der Waals surface area contributed by atoms with Gasteiger partial charge in [-0.05, 0) is 13.3 Å². The molecule has 6 nitrogen and oxygen atoms in total. The van der Waals surface area contributed by atoms with Gasteiger partial charge in [0.05, 0.1) is 0 Å². The van der Waals surface area contributed by atoms with Crippen molar-refractivity contribution >= 4 is 12.0 Å². The van der Waals surface area contributed by atoms with E-state index in [0.29, 0.717) is 0 Å². The maximum absolute atomic E-state index is 11.4. The molecule has 0 spiro atoms. The Labute approximate surface area is 114 Å². The zero-order chi connectivity index (χ0) is 14.7. The highest BCUT2D eigenvalue weighted by Crippen LogP contribution is 2.04. The topological polar surface area (TPSA) is 98.7 Å². The minimum absolute atomic E-state index is 0.00757. The molecule has 19 heavy (non-hydrogen) atoms. The number of carbonyl (C=O) groups is 2. The van der Waals surface area contributed by atoms with Gasteiger partial charge >= 0.3 is 12.0 Å². The fourth-order valence-corrected chi connectivity index (χ4v) is 1.67. The summed E-state index contributed by atoms with van der Waals surface area (Å²) in [6, 6.07) is -0.221. The number of nitrogens with one attached hydrogen (secondary N) is 2. The average Bonchev–Trinajstić information content (AvgIpc) is 2.34. The van der Waals surface area contributed by atoms with Crippen molar-refractivity contribution in [3.05, 3.63) is 0 Å². The molecule has 0 saturated heterocycles. The van der Waals surface area contributed by atoms with E-state index in [1.54, 1.807) is 0 Å². The molecule has 1 unspecified atom stereocenters. The molecule has 0 saturated carbocycles. The van der Waals surface area contributed by atoms with Gasteiger partial charge in [-0.2, -0.15) is 0 Å². The quantitative estimate of drug-likeness (QED) is 0.453. The van der Waals surface area contributed by atoms with Crippen LogP contribution < -0.4 is 10.6 Å². The van der Waals surface area contributed by atoms with Crippen LogP contribution in [-0.4, -0.2) is 40.9 Å².